The summed E-state index contributed by atoms with van der Waals surface area (Å²) in [5.41, 5.74) is 1.55. The maximum Gasteiger partial charge on any atom is 0.335 e. The molecule has 98 valence electrons. The Morgan fingerprint density at radius 3 is 2.63 bits per heavy atom. The summed E-state index contributed by atoms with van der Waals surface area (Å²) in [7, 11) is 1.77. The van der Waals surface area contributed by atoms with Crippen LogP contribution in [0.1, 0.15) is 15.9 Å². The van der Waals surface area contributed by atoms with Crippen molar-refractivity contribution in [2.45, 2.75) is 6.54 Å². The summed E-state index contributed by atoms with van der Waals surface area (Å²) >= 11 is 0. The second-order valence-corrected chi connectivity index (χ2v) is 4.31. The van der Waals surface area contributed by atoms with Crippen LogP contribution in [0.4, 0.5) is 10.1 Å². The van der Waals surface area contributed by atoms with Crippen LogP contribution < -0.4 is 4.90 Å². The molecule has 0 radical (unpaired) electrons. The summed E-state index contributed by atoms with van der Waals surface area (Å²) in [6.45, 7) is 0.446. The molecule has 0 heterocycles. The van der Waals surface area contributed by atoms with Gasteiger partial charge < -0.3 is 10.0 Å². The van der Waals surface area contributed by atoms with Crippen LogP contribution in [0.25, 0.3) is 0 Å². The highest BCUT2D eigenvalue weighted by Gasteiger charge is 2.08. The molecule has 3 nitrogen and oxygen atoms in total. The zero-order chi connectivity index (χ0) is 13.8. The topological polar surface area (TPSA) is 40.5 Å². The van der Waals surface area contributed by atoms with Gasteiger partial charge in [-0.05, 0) is 29.8 Å². The van der Waals surface area contributed by atoms with Crippen LogP contribution in [0.15, 0.2) is 48.5 Å². The fourth-order valence-corrected chi connectivity index (χ4v) is 1.92. The van der Waals surface area contributed by atoms with Gasteiger partial charge in [0.15, 0.2) is 0 Å². The van der Waals surface area contributed by atoms with Gasteiger partial charge in [-0.25, -0.2) is 9.18 Å². The average molecular weight is 259 g/mol. The SMILES string of the molecule is CN(Cc1cccc(C(=O)O)c1)c1ccccc1F. The van der Waals surface area contributed by atoms with Gasteiger partial charge in [0.1, 0.15) is 5.82 Å². The number of hydrogen-bond acceptors (Lipinski definition) is 2. The number of rotatable bonds is 4. The van der Waals surface area contributed by atoms with E-state index in [0.717, 1.165) is 5.56 Å². The molecule has 0 bridgehead atoms. The summed E-state index contributed by atoms with van der Waals surface area (Å²) in [5.74, 6) is -1.25. The van der Waals surface area contributed by atoms with E-state index in [9.17, 15) is 9.18 Å². The molecule has 0 aliphatic rings. The number of anilines is 1. The van der Waals surface area contributed by atoms with Gasteiger partial charge in [0.05, 0.1) is 11.3 Å². The lowest BCUT2D eigenvalue weighted by molar-refractivity contribution is 0.0696. The summed E-state index contributed by atoms with van der Waals surface area (Å²) < 4.78 is 13.6. The van der Waals surface area contributed by atoms with E-state index in [1.165, 1.54) is 12.1 Å². The zero-order valence-corrected chi connectivity index (χ0v) is 10.5. The van der Waals surface area contributed by atoms with E-state index < -0.39 is 5.97 Å². The number of benzene rings is 2. The zero-order valence-electron chi connectivity index (χ0n) is 10.5. The van der Waals surface area contributed by atoms with E-state index >= 15 is 0 Å². The Bertz CT molecular complexity index is 598. The highest BCUT2D eigenvalue weighted by atomic mass is 19.1. The smallest absolute Gasteiger partial charge is 0.335 e. The van der Waals surface area contributed by atoms with Crippen molar-refractivity contribution in [3.63, 3.8) is 0 Å². The molecule has 0 amide bonds. The molecule has 4 heteroatoms. The molecular formula is C15H14FNO2. The van der Waals surface area contributed by atoms with Gasteiger partial charge in [-0.15, -0.1) is 0 Å². The molecule has 0 aliphatic heterocycles. The summed E-state index contributed by atoms with van der Waals surface area (Å²) in [4.78, 5) is 12.6. The first-order valence-corrected chi connectivity index (χ1v) is 5.86. The summed E-state index contributed by atoms with van der Waals surface area (Å²) in [5, 5.41) is 8.93. The number of nitrogens with zero attached hydrogens (tertiary/aromatic N) is 1. The molecule has 2 aromatic rings. The van der Waals surface area contributed by atoms with Crippen molar-refractivity contribution in [1.29, 1.82) is 0 Å². The van der Waals surface area contributed by atoms with Crippen molar-refractivity contribution >= 4 is 11.7 Å². The van der Waals surface area contributed by atoms with Crippen molar-refractivity contribution in [3.05, 3.63) is 65.5 Å². The number of para-hydroxylation sites is 1. The van der Waals surface area contributed by atoms with Gasteiger partial charge in [0.2, 0.25) is 0 Å². The lowest BCUT2D eigenvalue weighted by Crippen LogP contribution is -2.17. The minimum Gasteiger partial charge on any atom is -0.478 e. The molecule has 0 saturated carbocycles. The highest BCUT2D eigenvalue weighted by Crippen LogP contribution is 2.19. The Morgan fingerprint density at radius 2 is 1.95 bits per heavy atom. The van der Waals surface area contributed by atoms with E-state index in [-0.39, 0.29) is 11.4 Å². The fourth-order valence-electron chi connectivity index (χ4n) is 1.92. The lowest BCUT2D eigenvalue weighted by atomic mass is 10.1. The third kappa shape index (κ3) is 3.10. The minimum atomic E-state index is -0.963. The molecule has 0 saturated heterocycles. The Labute approximate surface area is 110 Å². The molecule has 0 fully saturated rings. The predicted molar refractivity (Wildman–Crippen MR) is 71.9 cm³/mol. The number of hydrogen-bond donors (Lipinski definition) is 1. The van der Waals surface area contributed by atoms with E-state index in [4.69, 9.17) is 5.11 Å². The molecule has 0 unspecified atom stereocenters. The first-order chi connectivity index (χ1) is 9.08. The third-order valence-corrected chi connectivity index (χ3v) is 2.86. The van der Waals surface area contributed by atoms with Gasteiger partial charge >= 0.3 is 5.97 Å². The van der Waals surface area contributed by atoms with Crippen molar-refractivity contribution in [1.82, 2.24) is 0 Å². The number of aromatic carboxylic acids is 1. The fraction of sp³-hybridized carbons (Fsp3) is 0.133. The van der Waals surface area contributed by atoms with E-state index in [2.05, 4.69) is 0 Å². The molecule has 2 rings (SSSR count). The van der Waals surface area contributed by atoms with Crippen LogP contribution in [0.3, 0.4) is 0 Å². The van der Waals surface area contributed by atoms with Crippen LogP contribution in [0, 0.1) is 5.82 Å². The average Bonchev–Trinajstić information content (AvgIpc) is 2.39. The van der Waals surface area contributed by atoms with Crippen molar-refractivity contribution in [3.8, 4) is 0 Å². The van der Waals surface area contributed by atoms with Crippen LogP contribution in [0.2, 0.25) is 0 Å². The summed E-state index contributed by atoms with van der Waals surface area (Å²) in [6.07, 6.45) is 0. The molecule has 1 N–H and O–H groups in total. The normalized spacial score (nSPS) is 10.2. The largest absolute Gasteiger partial charge is 0.478 e. The highest BCUT2D eigenvalue weighted by molar-refractivity contribution is 5.87. The molecule has 0 spiro atoms. The molecular weight excluding hydrogens is 245 g/mol. The molecule has 2 aromatic carbocycles. The molecule has 19 heavy (non-hydrogen) atoms. The standard InChI is InChI=1S/C15H14FNO2/c1-17(14-8-3-2-7-13(14)16)10-11-5-4-6-12(9-11)15(18)19/h2-9H,10H2,1H3,(H,18,19). The van der Waals surface area contributed by atoms with Crippen LogP contribution in [-0.2, 0) is 6.54 Å². The first-order valence-electron chi connectivity index (χ1n) is 5.86. The number of carboxylic acid groups (broad SMARTS) is 1. The second-order valence-electron chi connectivity index (χ2n) is 4.31. The van der Waals surface area contributed by atoms with Gasteiger partial charge in [0.25, 0.3) is 0 Å². The van der Waals surface area contributed by atoms with Crippen LogP contribution in [-0.4, -0.2) is 18.1 Å². The van der Waals surface area contributed by atoms with Gasteiger partial charge in [-0.3, -0.25) is 0 Å². The molecule has 0 aliphatic carbocycles. The monoisotopic (exact) mass is 259 g/mol. The quantitative estimate of drug-likeness (QED) is 0.916. The minimum absolute atomic E-state index is 0.236. The van der Waals surface area contributed by atoms with Crippen molar-refractivity contribution < 1.29 is 14.3 Å². The Kier molecular flexibility index (Phi) is 3.80. The first kappa shape index (κ1) is 13.1. The third-order valence-electron chi connectivity index (χ3n) is 2.86. The maximum atomic E-state index is 13.6. The van der Waals surface area contributed by atoms with Gasteiger partial charge in [0, 0.05) is 13.6 Å². The van der Waals surface area contributed by atoms with Crippen LogP contribution in [0.5, 0.6) is 0 Å². The Balaban J connectivity index is 2.19. The van der Waals surface area contributed by atoms with Crippen LogP contribution >= 0.6 is 0 Å². The van der Waals surface area contributed by atoms with E-state index in [0.29, 0.717) is 12.2 Å². The number of halogens is 1. The number of carboxylic acids is 1. The Hall–Kier alpha value is -2.36. The van der Waals surface area contributed by atoms with Gasteiger partial charge in [-0.1, -0.05) is 24.3 Å². The van der Waals surface area contributed by atoms with Crippen molar-refractivity contribution in [2.24, 2.45) is 0 Å². The van der Waals surface area contributed by atoms with E-state index in [1.807, 2.05) is 6.07 Å². The summed E-state index contributed by atoms with van der Waals surface area (Å²) in [6, 6.07) is 13.1. The predicted octanol–water partition coefficient (Wildman–Crippen LogP) is 3.16. The van der Waals surface area contributed by atoms with Crippen molar-refractivity contribution in [2.75, 3.05) is 11.9 Å². The lowest BCUT2D eigenvalue weighted by Gasteiger charge is -2.20. The van der Waals surface area contributed by atoms with Gasteiger partial charge in [-0.2, -0.15) is 0 Å². The maximum absolute atomic E-state index is 13.6. The molecule has 0 aromatic heterocycles. The second kappa shape index (κ2) is 5.52. The van der Waals surface area contributed by atoms with E-state index in [1.54, 1.807) is 42.3 Å². The molecule has 0 atom stereocenters. The Morgan fingerprint density at radius 1 is 1.21 bits per heavy atom. The number of carbonyl (C=O) groups is 1.